The van der Waals surface area contributed by atoms with Gasteiger partial charge in [0, 0.05) is 36.6 Å². The summed E-state index contributed by atoms with van der Waals surface area (Å²) in [5.41, 5.74) is 2.13. The highest BCUT2D eigenvalue weighted by molar-refractivity contribution is 8.04. The molecule has 0 saturated carbocycles. The number of anilines is 2. The van der Waals surface area contributed by atoms with Crippen molar-refractivity contribution in [2.45, 2.75) is 24.0 Å². The van der Waals surface area contributed by atoms with Gasteiger partial charge in [0.15, 0.2) is 0 Å². The summed E-state index contributed by atoms with van der Waals surface area (Å²) in [7, 11) is 0. The molecule has 0 fully saturated rings. The van der Waals surface area contributed by atoms with Crippen molar-refractivity contribution in [1.82, 2.24) is 19.5 Å². The first-order valence-corrected chi connectivity index (χ1v) is 10.6. The van der Waals surface area contributed by atoms with Gasteiger partial charge in [0.2, 0.25) is 5.95 Å². The second-order valence-corrected chi connectivity index (χ2v) is 7.74. The van der Waals surface area contributed by atoms with Crippen molar-refractivity contribution in [3.63, 3.8) is 0 Å². The summed E-state index contributed by atoms with van der Waals surface area (Å²) in [4.78, 5) is 22.8. The molecular weight excluding hydrogens is 471 g/mol. The van der Waals surface area contributed by atoms with Gasteiger partial charge in [0.1, 0.15) is 11.6 Å². The maximum atomic E-state index is 10.6. The lowest BCUT2D eigenvalue weighted by Crippen LogP contribution is -2.21. The van der Waals surface area contributed by atoms with Gasteiger partial charge in [-0.2, -0.15) is 18.4 Å². The van der Waals surface area contributed by atoms with Gasteiger partial charge >= 0.3 is 12.1 Å². The van der Waals surface area contributed by atoms with E-state index in [2.05, 4.69) is 31.7 Å². The standard InChI is InChI=1S/C19H17N7S.C2HF3O2/c20-12-14(18-24-16-4-1-2-5-17(16)27-18)15-6-8-23-19(25-15)22-7-3-10-26-11-9-21-13-26;3-2(4,5)1(6)7/h1-2,4-6,8-9,11,13,24H,3,7,10H2,(H,22,23,25);(H,6,7)/b18-14+;. The number of nitrogens with one attached hydrogen (secondary N) is 2. The number of carboxylic acids is 1. The third-order valence-corrected chi connectivity index (χ3v) is 5.36. The molecule has 0 saturated heterocycles. The highest BCUT2D eigenvalue weighted by Gasteiger charge is 2.38. The number of alkyl halides is 3. The van der Waals surface area contributed by atoms with Crippen LogP contribution in [0.1, 0.15) is 12.1 Å². The van der Waals surface area contributed by atoms with E-state index in [0.29, 0.717) is 17.2 Å². The maximum absolute atomic E-state index is 10.6. The molecule has 1 aromatic carbocycles. The number of carbonyl (C=O) groups is 1. The Hall–Kier alpha value is -4.05. The van der Waals surface area contributed by atoms with Gasteiger partial charge in [-0.1, -0.05) is 23.9 Å². The molecule has 0 radical (unpaired) electrons. The maximum Gasteiger partial charge on any atom is 0.490 e. The Morgan fingerprint density at radius 2 is 2.03 bits per heavy atom. The first-order chi connectivity index (χ1) is 16.3. The number of hydrogen-bond donors (Lipinski definition) is 3. The number of fused-ring (bicyclic) bond motifs is 1. The van der Waals surface area contributed by atoms with Crippen LogP contribution in [0, 0.1) is 11.3 Å². The molecule has 0 amide bonds. The average molecular weight is 489 g/mol. The molecule has 4 rings (SSSR count). The van der Waals surface area contributed by atoms with Crippen molar-refractivity contribution in [2.75, 3.05) is 17.2 Å². The monoisotopic (exact) mass is 489 g/mol. The summed E-state index contributed by atoms with van der Waals surface area (Å²) in [6.45, 7) is 1.61. The van der Waals surface area contributed by atoms with E-state index in [0.717, 1.165) is 35.1 Å². The zero-order valence-corrected chi connectivity index (χ0v) is 18.3. The molecule has 3 aromatic rings. The van der Waals surface area contributed by atoms with E-state index >= 15 is 0 Å². The Morgan fingerprint density at radius 1 is 1.26 bits per heavy atom. The number of nitriles is 1. The number of aliphatic carboxylic acids is 1. The van der Waals surface area contributed by atoms with E-state index in [-0.39, 0.29) is 0 Å². The van der Waals surface area contributed by atoms with Crippen LogP contribution in [0.25, 0.3) is 5.57 Å². The number of imidazole rings is 1. The fourth-order valence-electron chi connectivity index (χ4n) is 2.72. The van der Waals surface area contributed by atoms with Crippen molar-refractivity contribution in [1.29, 1.82) is 5.26 Å². The van der Waals surface area contributed by atoms with Crippen molar-refractivity contribution in [3.8, 4) is 6.07 Å². The molecule has 2 aromatic heterocycles. The van der Waals surface area contributed by atoms with Crippen LogP contribution in [-0.4, -0.2) is 43.3 Å². The van der Waals surface area contributed by atoms with Gasteiger partial charge in [0.25, 0.3) is 0 Å². The Bertz CT molecular complexity index is 1180. The van der Waals surface area contributed by atoms with Crippen LogP contribution < -0.4 is 10.6 Å². The Balaban J connectivity index is 0.000000406. The summed E-state index contributed by atoms with van der Waals surface area (Å²) in [6.07, 6.45) is 3.01. The Morgan fingerprint density at radius 3 is 2.68 bits per heavy atom. The summed E-state index contributed by atoms with van der Waals surface area (Å²) in [6, 6.07) is 12.0. The van der Waals surface area contributed by atoms with E-state index in [1.54, 1.807) is 36.5 Å². The summed E-state index contributed by atoms with van der Waals surface area (Å²) in [5.74, 6) is -2.24. The highest BCUT2D eigenvalue weighted by atomic mass is 32.2. The van der Waals surface area contributed by atoms with Gasteiger partial charge in [-0.15, -0.1) is 0 Å². The minimum Gasteiger partial charge on any atom is -0.475 e. The number of aryl methyl sites for hydroxylation is 1. The summed E-state index contributed by atoms with van der Waals surface area (Å²) in [5, 5.41) is 24.1. The number of thioether (sulfide) groups is 1. The number of nitrogens with zero attached hydrogens (tertiary/aromatic N) is 5. The van der Waals surface area contributed by atoms with Crippen LogP contribution in [0.2, 0.25) is 0 Å². The van der Waals surface area contributed by atoms with Gasteiger partial charge in [-0.05, 0) is 24.6 Å². The van der Waals surface area contributed by atoms with Gasteiger partial charge in [-0.25, -0.2) is 19.7 Å². The van der Waals surface area contributed by atoms with Gasteiger partial charge < -0.3 is 20.3 Å². The fraction of sp³-hybridized carbons (Fsp3) is 0.190. The smallest absolute Gasteiger partial charge is 0.475 e. The zero-order chi connectivity index (χ0) is 24.6. The van der Waals surface area contributed by atoms with Gasteiger partial charge in [-0.3, -0.25) is 0 Å². The number of carboxylic acid groups (broad SMARTS) is 1. The quantitative estimate of drug-likeness (QED) is 0.344. The number of allylic oxidation sites excluding steroid dienone is 1. The molecule has 13 heteroatoms. The van der Waals surface area contributed by atoms with Crippen LogP contribution in [0.4, 0.5) is 24.8 Å². The first-order valence-electron chi connectivity index (χ1n) is 9.79. The van der Waals surface area contributed by atoms with Crippen molar-refractivity contribution >= 4 is 34.9 Å². The molecule has 0 atom stereocenters. The summed E-state index contributed by atoms with van der Waals surface area (Å²) >= 11 is 1.55. The lowest BCUT2D eigenvalue weighted by Gasteiger charge is -2.08. The van der Waals surface area contributed by atoms with Gasteiger partial charge in [0.05, 0.1) is 22.7 Å². The van der Waals surface area contributed by atoms with E-state index in [1.165, 1.54) is 0 Å². The molecule has 1 aliphatic heterocycles. The Kier molecular flexibility index (Phi) is 8.10. The second-order valence-electron chi connectivity index (χ2n) is 6.69. The first kappa shape index (κ1) is 24.6. The Labute approximate surface area is 196 Å². The third-order valence-electron chi connectivity index (χ3n) is 4.28. The predicted octanol–water partition coefficient (Wildman–Crippen LogP) is 4.22. The van der Waals surface area contributed by atoms with Crippen LogP contribution in [-0.2, 0) is 11.3 Å². The van der Waals surface area contributed by atoms with E-state index < -0.39 is 12.1 Å². The molecule has 9 nitrogen and oxygen atoms in total. The SMILES string of the molecule is N#C/C(=C1/Nc2ccccc2S1)c1ccnc(NCCCn2ccnc2)n1.O=C(O)C(F)(F)F. The molecule has 0 aliphatic carbocycles. The number of hydrogen-bond acceptors (Lipinski definition) is 8. The number of para-hydroxylation sites is 1. The molecule has 34 heavy (non-hydrogen) atoms. The molecule has 0 spiro atoms. The molecular formula is C21H18F3N7O2S. The van der Waals surface area contributed by atoms with Crippen molar-refractivity contribution < 1.29 is 23.1 Å². The van der Waals surface area contributed by atoms with Crippen LogP contribution in [0.15, 0.2) is 65.2 Å². The van der Waals surface area contributed by atoms with E-state index in [1.807, 2.05) is 35.0 Å². The molecule has 1 aliphatic rings. The van der Waals surface area contributed by atoms with E-state index in [9.17, 15) is 18.4 Å². The molecule has 3 heterocycles. The van der Waals surface area contributed by atoms with Crippen molar-refractivity contribution in [2.24, 2.45) is 0 Å². The number of halogens is 3. The number of benzene rings is 1. The minimum atomic E-state index is -5.08. The van der Waals surface area contributed by atoms with Crippen molar-refractivity contribution in [3.05, 3.63) is 66.0 Å². The molecule has 0 bridgehead atoms. The average Bonchev–Trinajstić information content (AvgIpc) is 3.47. The van der Waals surface area contributed by atoms with Crippen LogP contribution in [0.5, 0.6) is 0 Å². The lowest BCUT2D eigenvalue weighted by molar-refractivity contribution is -0.192. The number of aromatic nitrogens is 4. The molecule has 176 valence electrons. The lowest BCUT2D eigenvalue weighted by atomic mass is 10.2. The van der Waals surface area contributed by atoms with E-state index in [4.69, 9.17) is 9.90 Å². The molecule has 3 N–H and O–H groups in total. The fourth-order valence-corrected chi connectivity index (χ4v) is 3.73. The number of rotatable bonds is 6. The topological polar surface area (TPSA) is 129 Å². The summed E-state index contributed by atoms with van der Waals surface area (Å²) < 4.78 is 33.8. The largest absolute Gasteiger partial charge is 0.490 e. The normalized spacial score (nSPS) is 13.6. The minimum absolute atomic E-state index is 0.514. The third kappa shape index (κ3) is 6.72. The second kappa shape index (κ2) is 11.2. The highest BCUT2D eigenvalue weighted by Crippen LogP contribution is 2.43. The van der Waals surface area contributed by atoms with Crippen LogP contribution in [0.3, 0.4) is 0 Å². The predicted molar refractivity (Wildman–Crippen MR) is 120 cm³/mol. The molecule has 0 unspecified atom stereocenters. The zero-order valence-electron chi connectivity index (χ0n) is 17.5. The van der Waals surface area contributed by atoms with Crippen LogP contribution >= 0.6 is 11.8 Å².